The number of hydrogen-bond acceptors (Lipinski definition) is 0. The first kappa shape index (κ1) is 12.6. The number of hydrogen-bond donors (Lipinski definition) is 0. The van der Waals surface area contributed by atoms with Crippen molar-refractivity contribution in [3.8, 4) is 0 Å². The highest BCUT2D eigenvalue weighted by molar-refractivity contribution is 5.87. The van der Waals surface area contributed by atoms with E-state index in [9.17, 15) is 0 Å². The van der Waals surface area contributed by atoms with Gasteiger partial charge >= 0.3 is 0 Å². The van der Waals surface area contributed by atoms with E-state index < -0.39 is 0 Å². The fraction of sp³-hybridized carbons (Fsp3) is 0.238. The molecular formula is C21H20. The standard InChI is InChI=1S/C21H20/c1-3-15-13-17-9-5-7-11-19(17)21(15)20-14(2)12-16-8-4-6-10-18(16)20/h4-12,20H,3,13H2,1-2H3. The van der Waals surface area contributed by atoms with E-state index in [4.69, 9.17) is 0 Å². The van der Waals surface area contributed by atoms with Crippen molar-refractivity contribution in [1.82, 2.24) is 0 Å². The maximum atomic E-state index is 2.36. The van der Waals surface area contributed by atoms with Crippen LogP contribution in [0.2, 0.25) is 0 Å². The predicted octanol–water partition coefficient (Wildman–Crippen LogP) is 5.61. The molecule has 1 atom stereocenters. The lowest BCUT2D eigenvalue weighted by Crippen LogP contribution is -2.01. The molecule has 0 amide bonds. The van der Waals surface area contributed by atoms with E-state index >= 15 is 0 Å². The van der Waals surface area contributed by atoms with Crippen molar-refractivity contribution in [2.24, 2.45) is 0 Å². The summed E-state index contributed by atoms with van der Waals surface area (Å²) in [6.07, 6.45) is 4.64. The molecule has 0 saturated carbocycles. The summed E-state index contributed by atoms with van der Waals surface area (Å²) in [6, 6.07) is 17.8. The van der Waals surface area contributed by atoms with Crippen molar-refractivity contribution < 1.29 is 0 Å². The van der Waals surface area contributed by atoms with Gasteiger partial charge < -0.3 is 0 Å². The average molecular weight is 272 g/mol. The summed E-state index contributed by atoms with van der Waals surface area (Å²) >= 11 is 0. The van der Waals surface area contributed by atoms with Crippen molar-refractivity contribution in [3.63, 3.8) is 0 Å². The van der Waals surface area contributed by atoms with Crippen molar-refractivity contribution in [2.75, 3.05) is 0 Å². The molecule has 0 fully saturated rings. The minimum Gasteiger partial charge on any atom is -0.0619 e. The van der Waals surface area contributed by atoms with Crippen molar-refractivity contribution in [1.29, 1.82) is 0 Å². The minimum absolute atomic E-state index is 0.458. The van der Waals surface area contributed by atoms with Crippen LogP contribution in [-0.4, -0.2) is 0 Å². The fourth-order valence-corrected chi connectivity index (χ4v) is 3.99. The molecule has 0 heteroatoms. The van der Waals surface area contributed by atoms with Gasteiger partial charge in [-0.25, -0.2) is 0 Å². The van der Waals surface area contributed by atoms with Crippen molar-refractivity contribution >= 4 is 11.6 Å². The Morgan fingerprint density at radius 2 is 1.76 bits per heavy atom. The van der Waals surface area contributed by atoms with Gasteiger partial charge in [0.05, 0.1) is 0 Å². The topological polar surface area (TPSA) is 0 Å². The van der Waals surface area contributed by atoms with Crippen molar-refractivity contribution in [2.45, 2.75) is 32.6 Å². The number of fused-ring (bicyclic) bond motifs is 2. The first-order valence-corrected chi connectivity index (χ1v) is 7.87. The second kappa shape index (κ2) is 4.73. The Kier molecular flexibility index (Phi) is 2.85. The summed E-state index contributed by atoms with van der Waals surface area (Å²) in [5.74, 6) is 0.458. The van der Waals surface area contributed by atoms with Crippen LogP contribution >= 0.6 is 0 Å². The van der Waals surface area contributed by atoms with E-state index in [-0.39, 0.29) is 0 Å². The number of allylic oxidation sites excluding steroid dienone is 3. The van der Waals surface area contributed by atoms with E-state index in [1.165, 1.54) is 27.8 Å². The Balaban J connectivity index is 1.92. The Morgan fingerprint density at radius 1 is 1.00 bits per heavy atom. The van der Waals surface area contributed by atoms with E-state index in [1.807, 2.05) is 0 Å². The first-order valence-electron chi connectivity index (χ1n) is 7.87. The molecule has 4 rings (SSSR count). The average Bonchev–Trinajstić information content (AvgIpc) is 3.03. The molecule has 0 aliphatic heterocycles. The molecule has 1 unspecified atom stereocenters. The third-order valence-electron chi connectivity index (χ3n) is 4.95. The quantitative estimate of drug-likeness (QED) is 0.667. The SMILES string of the molecule is CCC1=C(C2C(C)=Cc3ccccc32)c2ccccc2C1. The highest BCUT2D eigenvalue weighted by Crippen LogP contribution is 2.50. The fourth-order valence-electron chi connectivity index (χ4n) is 3.99. The number of rotatable bonds is 2. The lowest BCUT2D eigenvalue weighted by atomic mass is 9.84. The van der Waals surface area contributed by atoms with Gasteiger partial charge in [0, 0.05) is 5.92 Å². The summed E-state index contributed by atoms with van der Waals surface area (Å²) < 4.78 is 0. The molecule has 21 heavy (non-hydrogen) atoms. The molecule has 2 aliphatic carbocycles. The molecule has 0 N–H and O–H groups in total. The zero-order valence-corrected chi connectivity index (χ0v) is 12.7. The molecule has 0 saturated heterocycles. The molecule has 0 heterocycles. The van der Waals surface area contributed by atoms with Gasteiger partial charge in [-0.15, -0.1) is 0 Å². The molecule has 104 valence electrons. The smallest absolute Gasteiger partial charge is 0.0311 e. The minimum atomic E-state index is 0.458. The van der Waals surface area contributed by atoms with Crippen LogP contribution < -0.4 is 0 Å². The summed E-state index contributed by atoms with van der Waals surface area (Å²) in [5, 5.41) is 0. The Hall–Kier alpha value is -2.08. The van der Waals surface area contributed by atoms with Crippen LogP contribution in [0.25, 0.3) is 11.6 Å². The van der Waals surface area contributed by atoms with Crippen molar-refractivity contribution in [3.05, 3.63) is 81.9 Å². The Labute approximate surface area is 126 Å². The largest absolute Gasteiger partial charge is 0.0619 e. The lowest BCUT2D eigenvalue weighted by molar-refractivity contribution is 0.990. The zero-order valence-electron chi connectivity index (χ0n) is 12.7. The Bertz CT molecular complexity index is 774. The van der Waals surface area contributed by atoms with Crippen LogP contribution in [0, 0.1) is 0 Å². The van der Waals surface area contributed by atoms with Crippen LogP contribution in [0.15, 0.2) is 59.7 Å². The molecule has 2 aliphatic rings. The van der Waals surface area contributed by atoms with E-state index in [2.05, 4.69) is 68.5 Å². The predicted molar refractivity (Wildman–Crippen MR) is 90.2 cm³/mol. The normalized spacial score (nSPS) is 19.5. The van der Waals surface area contributed by atoms with E-state index in [0.717, 1.165) is 12.8 Å². The monoisotopic (exact) mass is 272 g/mol. The first-order chi connectivity index (χ1) is 10.3. The molecule has 2 aromatic carbocycles. The second-order valence-electron chi connectivity index (χ2n) is 6.15. The summed E-state index contributed by atoms with van der Waals surface area (Å²) in [7, 11) is 0. The van der Waals surface area contributed by atoms with Crippen LogP contribution in [0.4, 0.5) is 0 Å². The zero-order chi connectivity index (χ0) is 14.4. The van der Waals surface area contributed by atoms with E-state index in [1.54, 1.807) is 11.1 Å². The molecule has 0 radical (unpaired) electrons. The molecule has 0 aromatic heterocycles. The van der Waals surface area contributed by atoms with Crippen LogP contribution in [0.3, 0.4) is 0 Å². The number of benzene rings is 2. The second-order valence-corrected chi connectivity index (χ2v) is 6.15. The van der Waals surface area contributed by atoms with Crippen LogP contribution in [-0.2, 0) is 6.42 Å². The third kappa shape index (κ3) is 1.82. The molecule has 0 bridgehead atoms. The maximum absolute atomic E-state index is 2.36. The maximum Gasteiger partial charge on any atom is 0.0311 e. The molecule has 2 aromatic rings. The van der Waals surface area contributed by atoms with Gasteiger partial charge in [0.15, 0.2) is 0 Å². The highest BCUT2D eigenvalue weighted by Gasteiger charge is 2.32. The molecular weight excluding hydrogens is 252 g/mol. The van der Waals surface area contributed by atoms with Gasteiger partial charge in [-0.3, -0.25) is 0 Å². The molecule has 0 nitrogen and oxygen atoms in total. The summed E-state index contributed by atoms with van der Waals surface area (Å²) in [4.78, 5) is 0. The third-order valence-corrected chi connectivity index (χ3v) is 4.95. The summed E-state index contributed by atoms with van der Waals surface area (Å²) in [6.45, 7) is 4.58. The Morgan fingerprint density at radius 3 is 2.62 bits per heavy atom. The summed E-state index contributed by atoms with van der Waals surface area (Å²) in [5.41, 5.74) is 10.5. The van der Waals surface area contributed by atoms with Gasteiger partial charge in [0.2, 0.25) is 0 Å². The van der Waals surface area contributed by atoms with Gasteiger partial charge in [0.1, 0.15) is 0 Å². The van der Waals surface area contributed by atoms with Gasteiger partial charge in [-0.2, -0.15) is 0 Å². The van der Waals surface area contributed by atoms with E-state index in [0.29, 0.717) is 5.92 Å². The van der Waals surface area contributed by atoms with Gasteiger partial charge in [-0.1, -0.05) is 72.7 Å². The van der Waals surface area contributed by atoms with Crippen LogP contribution in [0.1, 0.15) is 48.4 Å². The van der Waals surface area contributed by atoms with Gasteiger partial charge in [-0.05, 0) is 47.6 Å². The highest BCUT2D eigenvalue weighted by atomic mass is 14.4. The van der Waals surface area contributed by atoms with Gasteiger partial charge in [0.25, 0.3) is 0 Å². The van der Waals surface area contributed by atoms with Crippen LogP contribution in [0.5, 0.6) is 0 Å². The lowest BCUT2D eigenvalue weighted by Gasteiger charge is -2.19. The molecule has 0 spiro atoms.